The Morgan fingerprint density at radius 2 is 1.69 bits per heavy atom. The summed E-state index contributed by atoms with van der Waals surface area (Å²) < 4.78 is 5.49. The Hall–Kier alpha value is -2.86. The smallest absolute Gasteiger partial charge is 0.260 e. The zero-order valence-electron chi connectivity index (χ0n) is 14.4. The first-order valence-corrected chi connectivity index (χ1v) is 8.60. The number of carbonyl (C=O) groups is 2. The van der Waals surface area contributed by atoms with Gasteiger partial charge < -0.3 is 20.1 Å². The Morgan fingerprint density at radius 1 is 1.04 bits per heavy atom. The van der Waals surface area contributed by atoms with Crippen LogP contribution in [0.2, 0.25) is 0 Å². The fourth-order valence-corrected chi connectivity index (χ4v) is 3.02. The van der Waals surface area contributed by atoms with E-state index in [1.165, 1.54) is 0 Å². The number of hydrogen-bond acceptors (Lipinski definition) is 4. The zero-order chi connectivity index (χ0) is 18.4. The molecule has 0 radical (unpaired) electrons. The van der Waals surface area contributed by atoms with Crippen molar-refractivity contribution in [3.63, 3.8) is 0 Å². The van der Waals surface area contributed by atoms with Crippen LogP contribution >= 0.6 is 0 Å². The highest BCUT2D eigenvalue weighted by molar-refractivity contribution is 5.94. The molecule has 0 unspecified atom stereocenters. The molecular formula is C20H22N2O4. The number of amides is 2. The van der Waals surface area contributed by atoms with Gasteiger partial charge in [0.25, 0.3) is 11.8 Å². The molecule has 2 aromatic carbocycles. The molecule has 1 saturated heterocycles. The zero-order valence-corrected chi connectivity index (χ0v) is 14.4. The van der Waals surface area contributed by atoms with E-state index >= 15 is 0 Å². The molecular weight excluding hydrogens is 332 g/mol. The van der Waals surface area contributed by atoms with Crippen molar-refractivity contribution in [2.45, 2.75) is 6.04 Å². The van der Waals surface area contributed by atoms with Crippen molar-refractivity contribution in [1.29, 1.82) is 0 Å². The number of hydrogen-bond donors (Lipinski definition) is 2. The maximum absolute atomic E-state index is 12.4. The Balaban J connectivity index is 1.56. The summed E-state index contributed by atoms with van der Waals surface area (Å²) in [5, 5.41) is 12.5. The lowest BCUT2D eigenvalue weighted by Gasteiger charge is -2.18. The molecule has 1 aliphatic rings. The molecule has 1 heterocycles. The maximum Gasteiger partial charge on any atom is 0.260 e. The first-order valence-electron chi connectivity index (χ1n) is 8.60. The minimum Gasteiger partial charge on any atom is -0.484 e. The van der Waals surface area contributed by atoms with E-state index in [0.717, 1.165) is 0 Å². The van der Waals surface area contributed by atoms with Gasteiger partial charge in [0.15, 0.2) is 6.61 Å². The van der Waals surface area contributed by atoms with Crippen molar-refractivity contribution in [2.24, 2.45) is 5.92 Å². The lowest BCUT2D eigenvalue weighted by Crippen LogP contribution is -2.42. The quantitative estimate of drug-likeness (QED) is 0.820. The Kier molecular flexibility index (Phi) is 5.86. The third kappa shape index (κ3) is 4.40. The molecule has 2 aromatic rings. The van der Waals surface area contributed by atoms with Crippen LogP contribution in [0.3, 0.4) is 0 Å². The van der Waals surface area contributed by atoms with Gasteiger partial charge in [0.05, 0.1) is 6.04 Å². The second kappa shape index (κ2) is 8.49. The first-order chi connectivity index (χ1) is 12.7. The van der Waals surface area contributed by atoms with E-state index in [1.807, 2.05) is 24.3 Å². The molecule has 1 fully saturated rings. The molecule has 1 aliphatic heterocycles. The number of likely N-dealkylation sites (tertiary alicyclic amines) is 1. The summed E-state index contributed by atoms with van der Waals surface area (Å²) in [4.78, 5) is 26.3. The molecule has 0 bridgehead atoms. The Bertz CT molecular complexity index is 736. The summed E-state index contributed by atoms with van der Waals surface area (Å²) in [7, 11) is 0. The lowest BCUT2D eigenvalue weighted by atomic mass is 10.0. The van der Waals surface area contributed by atoms with Gasteiger partial charge in [-0.05, 0) is 24.3 Å². The number of nitrogens with one attached hydrogen (secondary N) is 1. The van der Waals surface area contributed by atoms with Crippen LogP contribution in [-0.2, 0) is 4.79 Å². The Morgan fingerprint density at radius 3 is 2.35 bits per heavy atom. The molecule has 0 aliphatic carbocycles. The van der Waals surface area contributed by atoms with Gasteiger partial charge in [-0.25, -0.2) is 0 Å². The number of benzene rings is 2. The van der Waals surface area contributed by atoms with Crippen LogP contribution in [0.5, 0.6) is 5.75 Å². The number of para-hydroxylation sites is 1. The van der Waals surface area contributed by atoms with Gasteiger partial charge in [-0.2, -0.15) is 0 Å². The van der Waals surface area contributed by atoms with Crippen molar-refractivity contribution in [1.82, 2.24) is 10.2 Å². The van der Waals surface area contributed by atoms with E-state index in [2.05, 4.69) is 5.32 Å². The van der Waals surface area contributed by atoms with Gasteiger partial charge >= 0.3 is 0 Å². The molecule has 6 heteroatoms. The molecule has 2 N–H and O–H groups in total. The Labute approximate surface area is 152 Å². The van der Waals surface area contributed by atoms with Crippen molar-refractivity contribution in [3.05, 3.63) is 66.2 Å². The van der Waals surface area contributed by atoms with Crippen molar-refractivity contribution in [3.8, 4) is 5.75 Å². The van der Waals surface area contributed by atoms with Gasteiger partial charge in [-0.3, -0.25) is 9.59 Å². The topological polar surface area (TPSA) is 78.9 Å². The van der Waals surface area contributed by atoms with Crippen LogP contribution in [0.4, 0.5) is 0 Å². The molecule has 26 heavy (non-hydrogen) atoms. The van der Waals surface area contributed by atoms with Crippen LogP contribution in [0, 0.1) is 5.92 Å². The minimum atomic E-state index is -0.284. The molecule has 136 valence electrons. The maximum atomic E-state index is 12.4. The van der Waals surface area contributed by atoms with E-state index in [0.29, 0.717) is 24.4 Å². The standard InChI is InChI=1S/C20H22N2O4/c23-13-16-11-22(19(24)14-26-17-9-5-2-6-10-17)12-18(16)21-20(25)15-7-3-1-4-8-15/h1-10,16,18,23H,11-14H2,(H,21,25)/t16-,18+/m0/s1. The van der Waals surface area contributed by atoms with Crippen LogP contribution in [0.15, 0.2) is 60.7 Å². The normalized spacial score (nSPS) is 19.2. The second-order valence-electron chi connectivity index (χ2n) is 6.29. The SMILES string of the molecule is O=C(N[C@@H]1CN(C(=O)COc2ccccc2)C[C@H]1CO)c1ccccc1. The number of carbonyl (C=O) groups excluding carboxylic acids is 2. The third-order valence-electron chi connectivity index (χ3n) is 4.49. The number of nitrogens with zero attached hydrogens (tertiary/aromatic N) is 1. The first kappa shape index (κ1) is 17.9. The average molecular weight is 354 g/mol. The summed E-state index contributed by atoms with van der Waals surface area (Å²) in [6.45, 7) is 0.596. The molecule has 3 rings (SSSR count). The number of ether oxygens (including phenoxy) is 1. The van der Waals surface area contributed by atoms with E-state index in [-0.39, 0.29) is 37.0 Å². The molecule has 6 nitrogen and oxygen atoms in total. The van der Waals surface area contributed by atoms with E-state index in [9.17, 15) is 14.7 Å². The minimum absolute atomic E-state index is 0.0679. The number of aliphatic hydroxyl groups is 1. The predicted molar refractivity (Wildman–Crippen MR) is 96.8 cm³/mol. The number of rotatable bonds is 6. The van der Waals surface area contributed by atoms with Crippen LogP contribution in [0.1, 0.15) is 10.4 Å². The van der Waals surface area contributed by atoms with Crippen molar-refractivity contribution in [2.75, 3.05) is 26.3 Å². The van der Waals surface area contributed by atoms with Crippen molar-refractivity contribution < 1.29 is 19.4 Å². The highest BCUT2D eigenvalue weighted by Gasteiger charge is 2.35. The summed E-state index contributed by atoms with van der Waals surface area (Å²) in [6, 6.07) is 17.7. The van der Waals surface area contributed by atoms with Gasteiger partial charge in [0, 0.05) is 31.2 Å². The fraction of sp³-hybridized carbons (Fsp3) is 0.300. The monoisotopic (exact) mass is 354 g/mol. The van der Waals surface area contributed by atoms with Gasteiger partial charge in [0.1, 0.15) is 5.75 Å². The third-order valence-corrected chi connectivity index (χ3v) is 4.49. The highest BCUT2D eigenvalue weighted by atomic mass is 16.5. The van der Waals surface area contributed by atoms with Crippen LogP contribution in [0.25, 0.3) is 0 Å². The molecule has 0 aromatic heterocycles. The van der Waals surface area contributed by atoms with Crippen molar-refractivity contribution >= 4 is 11.8 Å². The van der Waals surface area contributed by atoms with Gasteiger partial charge in [-0.1, -0.05) is 36.4 Å². The highest BCUT2D eigenvalue weighted by Crippen LogP contribution is 2.18. The molecule has 2 atom stereocenters. The summed E-state index contributed by atoms with van der Waals surface area (Å²) in [5.41, 5.74) is 0.557. The average Bonchev–Trinajstić information content (AvgIpc) is 3.10. The summed E-state index contributed by atoms with van der Waals surface area (Å²) in [6.07, 6.45) is 0. The van der Waals surface area contributed by atoms with E-state index in [4.69, 9.17) is 4.74 Å². The number of aliphatic hydroxyl groups excluding tert-OH is 1. The van der Waals surface area contributed by atoms with Crippen LogP contribution in [-0.4, -0.2) is 54.2 Å². The van der Waals surface area contributed by atoms with Gasteiger partial charge in [0.2, 0.25) is 0 Å². The fourth-order valence-electron chi connectivity index (χ4n) is 3.02. The lowest BCUT2D eigenvalue weighted by molar-refractivity contribution is -0.132. The second-order valence-corrected chi connectivity index (χ2v) is 6.29. The van der Waals surface area contributed by atoms with Crippen LogP contribution < -0.4 is 10.1 Å². The summed E-state index contributed by atoms with van der Waals surface area (Å²) >= 11 is 0. The molecule has 2 amide bonds. The van der Waals surface area contributed by atoms with E-state index < -0.39 is 0 Å². The predicted octanol–water partition coefficient (Wildman–Crippen LogP) is 1.31. The van der Waals surface area contributed by atoms with E-state index in [1.54, 1.807) is 41.3 Å². The molecule has 0 spiro atoms. The largest absolute Gasteiger partial charge is 0.484 e. The summed E-state index contributed by atoms with van der Waals surface area (Å²) in [5.74, 6) is 0.0728. The molecule has 0 saturated carbocycles. The van der Waals surface area contributed by atoms with Gasteiger partial charge in [-0.15, -0.1) is 0 Å².